The van der Waals surface area contributed by atoms with Gasteiger partial charge >= 0.3 is 0 Å². The number of pyridine rings is 1. The van der Waals surface area contributed by atoms with Gasteiger partial charge in [0.05, 0.1) is 4.88 Å². The molecule has 0 aliphatic carbocycles. The summed E-state index contributed by atoms with van der Waals surface area (Å²) in [7, 11) is -3.60. The number of carbonyl (C=O) groups is 1. The first-order valence-corrected chi connectivity index (χ1v) is 9.86. The summed E-state index contributed by atoms with van der Waals surface area (Å²) in [6.45, 7) is 0.138. The Labute approximate surface area is 141 Å². The van der Waals surface area contributed by atoms with Crippen LogP contribution >= 0.6 is 22.7 Å². The average molecular weight is 364 g/mol. The molecule has 0 atom stereocenters. The van der Waals surface area contributed by atoms with Gasteiger partial charge in [-0.15, -0.1) is 11.3 Å². The Kier molecular flexibility index (Phi) is 4.67. The highest BCUT2D eigenvalue weighted by molar-refractivity contribution is 7.89. The third kappa shape index (κ3) is 3.73. The molecule has 5 nitrogen and oxygen atoms in total. The molecule has 0 fully saturated rings. The Bertz CT molecular complexity index is 901. The zero-order valence-corrected chi connectivity index (χ0v) is 14.2. The monoisotopic (exact) mass is 364 g/mol. The number of ketones is 1. The molecule has 0 aromatic carbocycles. The lowest BCUT2D eigenvalue weighted by Crippen LogP contribution is -2.22. The van der Waals surface area contributed by atoms with Gasteiger partial charge in [0.15, 0.2) is 0 Å². The number of carbonyl (C=O) groups excluding carboxylic acids is 1. The lowest BCUT2D eigenvalue weighted by atomic mass is 10.2. The molecule has 0 radical (unpaired) electrons. The minimum Gasteiger partial charge on any atom is -0.288 e. The van der Waals surface area contributed by atoms with Crippen molar-refractivity contribution in [3.05, 3.63) is 68.8 Å². The van der Waals surface area contributed by atoms with E-state index in [1.165, 1.54) is 41.1 Å². The van der Waals surface area contributed by atoms with E-state index in [1.807, 2.05) is 5.38 Å². The quantitative estimate of drug-likeness (QED) is 0.682. The number of aromatic nitrogens is 1. The molecule has 3 heterocycles. The standard InChI is InChI=1S/C15H12N2O3S3/c18-15(11-5-7-21-10-11)14-4-3-12(22-14)8-17-23(19,20)13-2-1-6-16-9-13/h1-7,9-10,17H,8H2. The minimum absolute atomic E-state index is 0.0439. The van der Waals surface area contributed by atoms with E-state index < -0.39 is 10.0 Å². The second-order valence-corrected chi connectivity index (χ2v) is 8.34. The lowest BCUT2D eigenvalue weighted by Gasteiger charge is -2.04. The highest BCUT2D eigenvalue weighted by atomic mass is 32.2. The van der Waals surface area contributed by atoms with Crippen LogP contribution < -0.4 is 4.72 Å². The second kappa shape index (κ2) is 6.71. The van der Waals surface area contributed by atoms with Crippen LogP contribution in [0.1, 0.15) is 20.1 Å². The number of nitrogens with zero attached hydrogens (tertiary/aromatic N) is 1. The summed E-state index contributed by atoms with van der Waals surface area (Å²) in [5, 5.41) is 3.65. The Balaban J connectivity index is 1.69. The van der Waals surface area contributed by atoms with Gasteiger partial charge < -0.3 is 0 Å². The minimum atomic E-state index is -3.60. The maximum absolute atomic E-state index is 12.2. The van der Waals surface area contributed by atoms with Gasteiger partial charge in [0, 0.05) is 34.8 Å². The number of rotatable bonds is 6. The topological polar surface area (TPSA) is 76.1 Å². The molecular weight excluding hydrogens is 352 g/mol. The fraction of sp³-hybridized carbons (Fsp3) is 0.0667. The van der Waals surface area contributed by atoms with Crippen molar-refractivity contribution >= 4 is 38.5 Å². The number of thiophene rings is 2. The Morgan fingerprint density at radius 3 is 2.78 bits per heavy atom. The van der Waals surface area contributed by atoms with Crippen LogP contribution in [0.3, 0.4) is 0 Å². The Morgan fingerprint density at radius 1 is 1.22 bits per heavy atom. The van der Waals surface area contributed by atoms with E-state index >= 15 is 0 Å². The molecule has 3 aromatic rings. The number of hydrogen-bond acceptors (Lipinski definition) is 6. The van der Waals surface area contributed by atoms with Crippen molar-refractivity contribution in [3.63, 3.8) is 0 Å². The summed E-state index contributed by atoms with van der Waals surface area (Å²) in [6, 6.07) is 8.30. The lowest BCUT2D eigenvalue weighted by molar-refractivity contribution is 0.104. The zero-order chi connectivity index (χ0) is 16.3. The van der Waals surface area contributed by atoms with Crippen molar-refractivity contribution in [2.45, 2.75) is 11.4 Å². The van der Waals surface area contributed by atoms with E-state index in [-0.39, 0.29) is 17.2 Å². The van der Waals surface area contributed by atoms with Crippen LogP contribution in [0.4, 0.5) is 0 Å². The predicted octanol–water partition coefficient (Wildman–Crippen LogP) is 2.91. The Hall–Kier alpha value is -1.87. The molecule has 23 heavy (non-hydrogen) atoms. The zero-order valence-electron chi connectivity index (χ0n) is 11.8. The van der Waals surface area contributed by atoms with Crippen molar-refractivity contribution < 1.29 is 13.2 Å². The fourth-order valence-electron chi connectivity index (χ4n) is 1.89. The molecule has 0 bridgehead atoms. The summed E-state index contributed by atoms with van der Waals surface area (Å²) in [5.74, 6) is -0.0439. The molecular formula is C15H12N2O3S3. The average Bonchev–Trinajstić information content (AvgIpc) is 3.25. The Morgan fingerprint density at radius 2 is 2.09 bits per heavy atom. The van der Waals surface area contributed by atoms with Gasteiger partial charge in [-0.25, -0.2) is 13.1 Å². The highest BCUT2D eigenvalue weighted by Crippen LogP contribution is 2.21. The fourth-order valence-corrected chi connectivity index (χ4v) is 4.49. The molecule has 0 aliphatic rings. The third-order valence-electron chi connectivity index (χ3n) is 3.05. The van der Waals surface area contributed by atoms with Crippen molar-refractivity contribution in [2.24, 2.45) is 0 Å². The molecule has 0 aliphatic heterocycles. The molecule has 3 rings (SSSR count). The van der Waals surface area contributed by atoms with Gasteiger partial charge in [0.1, 0.15) is 4.90 Å². The third-order valence-corrected chi connectivity index (χ3v) is 6.20. The molecule has 0 spiro atoms. The van der Waals surface area contributed by atoms with E-state index in [9.17, 15) is 13.2 Å². The van der Waals surface area contributed by atoms with E-state index in [0.29, 0.717) is 10.4 Å². The first kappa shape index (κ1) is 16.0. The first-order chi connectivity index (χ1) is 11.1. The SMILES string of the molecule is O=C(c1ccsc1)c1ccc(CNS(=O)(=O)c2cccnc2)s1. The van der Waals surface area contributed by atoms with Crippen LogP contribution in [0.15, 0.2) is 58.4 Å². The summed E-state index contributed by atoms with van der Waals surface area (Å²) in [6.07, 6.45) is 2.81. The van der Waals surface area contributed by atoms with Gasteiger partial charge in [0.2, 0.25) is 15.8 Å². The van der Waals surface area contributed by atoms with Gasteiger partial charge in [-0.05, 0) is 35.7 Å². The van der Waals surface area contributed by atoms with Crippen molar-refractivity contribution in [3.8, 4) is 0 Å². The number of sulfonamides is 1. The van der Waals surface area contributed by atoms with E-state index in [2.05, 4.69) is 9.71 Å². The van der Waals surface area contributed by atoms with Crippen LogP contribution in [-0.4, -0.2) is 19.2 Å². The van der Waals surface area contributed by atoms with Crippen LogP contribution in [0.2, 0.25) is 0 Å². The molecule has 118 valence electrons. The number of nitrogens with one attached hydrogen (secondary N) is 1. The molecule has 8 heteroatoms. The predicted molar refractivity (Wildman–Crippen MR) is 90.3 cm³/mol. The highest BCUT2D eigenvalue weighted by Gasteiger charge is 2.16. The summed E-state index contributed by atoms with van der Waals surface area (Å²) in [4.78, 5) is 17.5. The van der Waals surface area contributed by atoms with Gasteiger partial charge in [-0.3, -0.25) is 9.78 Å². The van der Waals surface area contributed by atoms with Gasteiger partial charge in [-0.1, -0.05) is 0 Å². The second-order valence-electron chi connectivity index (χ2n) is 4.62. The maximum atomic E-state index is 12.2. The molecule has 1 N–H and O–H groups in total. The first-order valence-electron chi connectivity index (χ1n) is 6.61. The molecule has 0 unspecified atom stereocenters. The largest absolute Gasteiger partial charge is 0.288 e. The van der Waals surface area contributed by atoms with E-state index in [1.54, 1.807) is 29.6 Å². The summed E-state index contributed by atoms with van der Waals surface area (Å²) < 4.78 is 26.8. The van der Waals surface area contributed by atoms with Crippen LogP contribution in [0.25, 0.3) is 0 Å². The molecule has 0 saturated heterocycles. The van der Waals surface area contributed by atoms with Gasteiger partial charge in [-0.2, -0.15) is 11.3 Å². The van der Waals surface area contributed by atoms with Gasteiger partial charge in [0.25, 0.3) is 0 Å². The van der Waals surface area contributed by atoms with E-state index in [0.717, 1.165) is 4.88 Å². The number of hydrogen-bond donors (Lipinski definition) is 1. The maximum Gasteiger partial charge on any atom is 0.242 e. The normalized spacial score (nSPS) is 11.5. The van der Waals surface area contributed by atoms with E-state index in [4.69, 9.17) is 0 Å². The van der Waals surface area contributed by atoms with Crippen molar-refractivity contribution in [1.82, 2.24) is 9.71 Å². The smallest absolute Gasteiger partial charge is 0.242 e. The summed E-state index contributed by atoms with van der Waals surface area (Å²) in [5.41, 5.74) is 0.652. The van der Waals surface area contributed by atoms with Crippen molar-refractivity contribution in [1.29, 1.82) is 0 Å². The summed E-state index contributed by atoms with van der Waals surface area (Å²) >= 11 is 2.75. The van der Waals surface area contributed by atoms with Crippen LogP contribution in [-0.2, 0) is 16.6 Å². The molecule has 0 amide bonds. The van der Waals surface area contributed by atoms with Crippen LogP contribution in [0.5, 0.6) is 0 Å². The van der Waals surface area contributed by atoms with Crippen molar-refractivity contribution in [2.75, 3.05) is 0 Å². The molecule has 3 aromatic heterocycles. The van der Waals surface area contributed by atoms with Crippen LogP contribution in [0, 0.1) is 0 Å². The molecule has 0 saturated carbocycles.